The van der Waals surface area contributed by atoms with E-state index in [0.29, 0.717) is 6.04 Å². The van der Waals surface area contributed by atoms with Gasteiger partial charge in [0.1, 0.15) is 0 Å². The molecule has 1 aromatic rings. The Balaban J connectivity index is 1.85. The van der Waals surface area contributed by atoms with Gasteiger partial charge in [0.25, 0.3) is 0 Å². The van der Waals surface area contributed by atoms with Crippen LogP contribution in [0.2, 0.25) is 0 Å². The SMILES string of the molecule is CC1CCCCN1CCNc1nccnc1N(C)C. The fourth-order valence-electron chi connectivity index (χ4n) is 2.59. The molecule has 1 fully saturated rings. The van der Waals surface area contributed by atoms with Gasteiger partial charge in [-0.1, -0.05) is 6.42 Å². The van der Waals surface area contributed by atoms with Crippen LogP contribution in [-0.4, -0.2) is 54.6 Å². The Labute approximate surface area is 116 Å². The van der Waals surface area contributed by atoms with E-state index < -0.39 is 0 Å². The number of hydrogen-bond donors (Lipinski definition) is 1. The number of hydrogen-bond acceptors (Lipinski definition) is 5. The maximum atomic E-state index is 4.37. The molecule has 5 nitrogen and oxygen atoms in total. The molecular formula is C14H25N5. The lowest BCUT2D eigenvalue weighted by Crippen LogP contribution is -2.40. The lowest BCUT2D eigenvalue weighted by Gasteiger charge is -2.33. The molecule has 5 heteroatoms. The Morgan fingerprint density at radius 1 is 1.32 bits per heavy atom. The fraction of sp³-hybridized carbons (Fsp3) is 0.714. The van der Waals surface area contributed by atoms with Crippen LogP contribution < -0.4 is 10.2 Å². The molecule has 1 aliphatic heterocycles. The zero-order valence-corrected chi connectivity index (χ0v) is 12.3. The van der Waals surface area contributed by atoms with E-state index in [2.05, 4.69) is 27.1 Å². The highest BCUT2D eigenvalue weighted by molar-refractivity contribution is 5.59. The Bertz CT molecular complexity index is 393. The molecule has 1 aromatic heterocycles. The van der Waals surface area contributed by atoms with Gasteiger partial charge in [0.2, 0.25) is 0 Å². The molecule has 0 aliphatic carbocycles. The molecule has 1 aliphatic rings. The number of aromatic nitrogens is 2. The average Bonchev–Trinajstić information content (AvgIpc) is 2.41. The summed E-state index contributed by atoms with van der Waals surface area (Å²) in [5.41, 5.74) is 0. The summed E-state index contributed by atoms with van der Waals surface area (Å²) in [6.45, 7) is 5.55. The maximum Gasteiger partial charge on any atom is 0.171 e. The second-order valence-corrected chi connectivity index (χ2v) is 5.43. The van der Waals surface area contributed by atoms with Crippen LogP contribution in [0.25, 0.3) is 0 Å². The second-order valence-electron chi connectivity index (χ2n) is 5.43. The summed E-state index contributed by atoms with van der Waals surface area (Å²) in [5, 5.41) is 3.41. The minimum Gasteiger partial charge on any atom is -0.366 e. The van der Waals surface area contributed by atoms with Crippen molar-refractivity contribution in [3.8, 4) is 0 Å². The number of piperidine rings is 1. The standard InChI is InChI=1S/C14H25N5/c1-12-6-4-5-10-19(12)11-9-16-13-14(18(2)3)17-8-7-15-13/h7-8,12H,4-6,9-11H2,1-3H3,(H,15,16). The van der Waals surface area contributed by atoms with Crippen LogP contribution >= 0.6 is 0 Å². The third kappa shape index (κ3) is 3.80. The molecule has 1 unspecified atom stereocenters. The minimum atomic E-state index is 0.714. The van der Waals surface area contributed by atoms with Gasteiger partial charge in [0.05, 0.1) is 0 Å². The predicted octanol–water partition coefficient (Wildman–Crippen LogP) is 1.83. The number of rotatable bonds is 5. The number of anilines is 2. The zero-order chi connectivity index (χ0) is 13.7. The van der Waals surface area contributed by atoms with Crippen molar-refractivity contribution in [2.75, 3.05) is 43.9 Å². The Morgan fingerprint density at radius 2 is 2.11 bits per heavy atom. The highest BCUT2D eigenvalue weighted by Gasteiger charge is 2.17. The van der Waals surface area contributed by atoms with Gasteiger partial charge in [-0.05, 0) is 26.3 Å². The van der Waals surface area contributed by atoms with Gasteiger partial charge >= 0.3 is 0 Å². The van der Waals surface area contributed by atoms with Crippen LogP contribution in [0.15, 0.2) is 12.4 Å². The van der Waals surface area contributed by atoms with Gasteiger partial charge in [-0.15, -0.1) is 0 Å². The summed E-state index contributed by atoms with van der Waals surface area (Å²) in [6.07, 6.45) is 7.50. The normalized spacial score (nSPS) is 20.3. The third-order valence-corrected chi connectivity index (χ3v) is 3.73. The minimum absolute atomic E-state index is 0.714. The van der Waals surface area contributed by atoms with Gasteiger partial charge in [0, 0.05) is 45.6 Å². The molecule has 0 radical (unpaired) electrons. The lowest BCUT2D eigenvalue weighted by molar-refractivity contribution is 0.167. The molecule has 0 saturated carbocycles. The van der Waals surface area contributed by atoms with E-state index in [1.165, 1.54) is 25.8 Å². The van der Waals surface area contributed by atoms with Crippen molar-refractivity contribution in [2.45, 2.75) is 32.2 Å². The quantitative estimate of drug-likeness (QED) is 0.878. The first-order chi connectivity index (χ1) is 9.18. The van der Waals surface area contributed by atoms with Crippen molar-refractivity contribution in [3.63, 3.8) is 0 Å². The molecule has 1 atom stereocenters. The zero-order valence-electron chi connectivity index (χ0n) is 12.3. The maximum absolute atomic E-state index is 4.37. The van der Waals surface area contributed by atoms with E-state index in [9.17, 15) is 0 Å². The molecule has 0 spiro atoms. The van der Waals surface area contributed by atoms with Crippen LogP contribution in [0.4, 0.5) is 11.6 Å². The number of nitrogens with one attached hydrogen (secondary N) is 1. The molecule has 0 bridgehead atoms. The van der Waals surface area contributed by atoms with Crippen LogP contribution in [0.5, 0.6) is 0 Å². The Morgan fingerprint density at radius 3 is 2.84 bits per heavy atom. The predicted molar refractivity (Wildman–Crippen MR) is 79.7 cm³/mol. The molecule has 19 heavy (non-hydrogen) atoms. The summed E-state index contributed by atoms with van der Waals surface area (Å²) in [6, 6.07) is 0.714. The number of nitrogens with zero attached hydrogens (tertiary/aromatic N) is 4. The van der Waals surface area contributed by atoms with Gasteiger partial charge in [0.15, 0.2) is 11.6 Å². The molecule has 0 aromatic carbocycles. The molecule has 0 amide bonds. The van der Waals surface area contributed by atoms with Crippen LogP contribution in [0.3, 0.4) is 0 Å². The van der Waals surface area contributed by atoms with E-state index in [1.807, 2.05) is 19.0 Å². The monoisotopic (exact) mass is 263 g/mol. The molecule has 1 saturated heterocycles. The number of likely N-dealkylation sites (tertiary alicyclic amines) is 1. The summed E-state index contributed by atoms with van der Waals surface area (Å²) in [5.74, 6) is 1.77. The largest absolute Gasteiger partial charge is 0.366 e. The van der Waals surface area contributed by atoms with E-state index in [1.54, 1.807) is 12.4 Å². The second kappa shape index (κ2) is 6.70. The van der Waals surface area contributed by atoms with E-state index >= 15 is 0 Å². The van der Waals surface area contributed by atoms with Crippen LogP contribution in [0, 0.1) is 0 Å². The van der Waals surface area contributed by atoms with Gasteiger partial charge in [-0.3, -0.25) is 4.90 Å². The highest BCUT2D eigenvalue weighted by atomic mass is 15.2. The van der Waals surface area contributed by atoms with Crippen LogP contribution in [-0.2, 0) is 0 Å². The molecule has 2 rings (SSSR count). The van der Waals surface area contributed by atoms with E-state index in [0.717, 1.165) is 24.7 Å². The van der Waals surface area contributed by atoms with Gasteiger partial charge in [-0.2, -0.15) is 0 Å². The first-order valence-corrected chi connectivity index (χ1v) is 7.14. The average molecular weight is 263 g/mol. The third-order valence-electron chi connectivity index (χ3n) is 3.73. The molecule has 2 heterocycles. The summed E-state index contributed by atoms with van der Waals surface area (Å²) >= 11 is 0. The van der Waals surface area contributed by atoms with Crippen molar-refractivity contribution in [2.24, 2.45) is 0 Å². The van der Waals surface area contributed by atoms with Crippen molar-refractivity contribution >= 4 is 11.6 Å². The lowest BCUT2D eigenvalue weighted by atomic mass is 10.0. The molecular weight excluding hydrogens is 238 g/mol. The van der Waals surface area contributed by atoms with Gasteiger partial charge < -0.3 is 10.2 Å². The Kier molecular flexibility index (Phi) is 4.96. The van der Waals surface area contributed by atoms with Crippen LogP contribution in [0.1, 0.15) is 26.2 Å². The van der Waals surface area contributed by atoms with Crippen molar-refractivity contribution in [1.29, 1.82) is 0 Å². The van der Waals surface area contributed by atoms with Gasteiger partial charge in [-0.25, -0.2) is 9.97 Å². The highest BCUT2D eigenvalue weighted by Crippen LogP contribution is 2.18. The topological polar surface area (TPSA) is 44.3 Å². The molecule has 106 valence electrons. The van der Waals surface area contributed by atoms with Crippen molar-refractivity contribution < 1.29 is 0 Å². The van der Waals surface area contributed by atoms with E-state index in [-0.39, 0.29) is 0 Å². The summed E-state index contributed by atoms with van der Waals surface area (Å²) in [4.78, 5) is 13.3. The smallest absolute Gasteiger partial charge is 0.171 e. The fourth-order valence-corrected chi connectivity index (χ4v) is 2.59. The summed E-state index contributed by atoms with van der Waals surface area (Å²) in [7, 11) is 3.98. The Hall–Kier alpha value is -1.36. The van der Waals surface area contributed by atoms with Crippen molar-refractivity contribution in [3.05, 3.63) is 12.4 Å². The first-order valence-electron chi connectivity index (χ1n) is 7.14. The molecule has 1 N–H and O–H groups in total. The van der Waals surface area contributed by atoms with Crippen molar-refractivity contribution in [1.82, 2.24) is 14.9 Å². The van der Waals surface area contributed by atoms with E-state index in [4.69, 9.17) is 0 Å². The summed E-state index contributed by atoms with van der Waals surface area (Å²) < 4.78 is 0. The first kappa shape index (κ1) is 14.1.